The van der Waals surface area contributed by atoms with Crippen LogP contribution in [-0.4, -0.2) is 18.5 Å². The molecule has 1 N–H and O–H groups in total. The van der Waals surface area contributed by atoms with Gasteiger partial charge in [-0.15, -0.1) is 0 Å². The Kier molecular flexibility index (Phi) is 6.69. The number of amides is 1. The summed E-state index contributed by atoms with van der Waals surface area (Å²) in [5.41, 5.74) is 2.89. The Balaban J connectivity index is 1.62. The van der Waals surface area contributed by atoms with E-state index in [2.05, 4.69) is 5.32 Å². The van der Waals surface area contributed by atoms with Crippen molar-refractivity contribution in [2.75, 3.05) is 11.9 Å². The molecule has 0 atom stereocenters. The van der Waals surface area contributed by atoms with Gasteiger partial charge in [-0.1, -0.05) is 71.7 Å². The summed E-state index contributed by atoms with van der Waals surface area (Å²) in [5.74, 6) is -1.15. The predicted molar refractivity (Wildman–Crippen MR) is 111 cm³/mol. The zero-order valence-corrected chi connectivity index (χ0v) is 16.3. The predicted octanol–water partition coefficient (Wildman–Crippen LogP) is 5.38. The topological polar surface area (TPSA) is 55.4 Å². The van der Waals surface area contributed by atoms with Gasteiger partial charge in [0.15, 0.2) is 6.61 Å². The van der Waals surface area contributed by atoms with Gasteiger partial charge < -0.3 is 10.1 Å². The van der Waals surface area contributed by atoms with Crippen molar-refractivity contribution in [2.45, 2.75) is 6.42 Å². The average molecular weight is 414 g/mol. The summed E-state index contributed by atoms with van der Waals surface area (Å²) in [5, 5.41) is 3.36. The van der Waals surface area contributed by atoms with Gasteiger partial charge >= 0.3 is 5.97 Å². The number of hydrogen-bond acceptors (Lipinski definition) is 3. The lowest BCUT2D eigenvalue weighted by Gasteiger charge is -2.12. The number of rotatable bonds is 6. The highest BCUT2D eigenvalue weighted by molar-refractivity contribution is 6.35. The Morgan fingerprint density at radius 1 is 0.893 bits per heavy atom. The van der Waals surface area contributed by atoms with E-state index in [1.165, 1.54) is 12.1 Å². The molecule has 3 rings (SSSR count). The Hall–Kier alpha value is -2.82. The molecule has 0 saturated heterocycles. The standard InChI is InChI=1S/C22H17Cl2NO3/c23-17-10-11-19(24)18(13-17)22(27)28-14-21(26)25-20-9-5-4-8-16(20)12-15-6-2-1-3-7-15/h1-11,13H,12,14H2,(H,25,26). The van der Waals surface area contributed by atoms with E-state index in [0.29, 0.717) is 17.1 Å². The van der Waals surface area contributed by atoms with Gasteiger partial charge in [-0.3, -0.25) is 4.79 Å². The average Bonchev–Trinajstić information content (AvgIpc) is 2.70. The van der Waals surface area contributed by atoms with Crippen LogP contribution in [-0.2, 0) is 16.0 Å². The van der Waals surface area contributed by atoms with Crippen LogP contribution in [0.3, 0.4) is 0 Å². The first kappa shape index (κ1) is 19.9. The van der Waals surface area contributed by atoms with Gasteiger partial charge in [0.2, 0.25) is 0 Å². The Labute approximate surface area is 173 Å². The first-order valence-corrected chi connectivity index (χ1v) is 9.32. The first-order chi connectivity index (χ1) is 13.5. The van der Waals surface area contributed by atoms with Gasteiger partial charge in [-0.2, -0.15) is 0 Å². The number of hydrogen-bond donors (Lipinski definition) is 1. The number of halogens is 2. The Bertz CT molecular complexity index is 990. The zero-order valence-electron chi connectivity index (χ0n) is 14.8. The minimum Gasteiger partial charge on any atom is -0.452 e. The van der Waals surface area contributed by atoms with Crippen molar-refractivity contribution in [3.05, 3.63) is 99.5 Å². The third-order valence-electron chi connectivity index (χ3n) is 4.01. The molecule has 0 aliphatic rings. The molecular formula is C22H17Cl2NO3. The second-order valence-corrected chi connectivity index (χ2v) is 6.91. The second-order valence-electron chi connectivity index (χ2n) is 6.07. The molecule has 3 aromatic rings. The number of ether oxygens (including phenoxy) is 1. The smallest absolute Gasteiger partial charge is 0.340 e. The molecule has 1 amide bonds. The van der Waals surface area contributed by atoms with E-state index in [0.717, 1.165) is 11.1 Å². The third-order valence-corrected chi connectivity index (χ3v) is 4.58. The van der Waals surface area contributed by atoms with Crippen molar-refractivity contribution in [1.82, 2.24) is 0 Å². The number of carbonyl (C=O) groups excluding carboxylic acids is 2. The van der Waals surface area contributed by atoms with E-state index >= 15 is 0 Å². The lowest BCUT2D eigenvalue weighted by atomic mass is 10.0. The van der Waals surface area contributed by atoms with Crippen molar-refractivity contribution in [2.24, 2.45) is 0 Å². The van der Waals surface area contributed by atoms with E-state index in [1.807, 2.05) is 54.6 Å². The van der Waals surface area contributed by atoms with Gasteiger partial charge in [0, 0.05) is 10.7 Å². The molecule has 0 aromatic heterocycles. The minimum absolute atomic E-state index is 0.117. The number of anilines is 1. The van der Waals surface area contributed by atoms with Crippen LogP contribution in [0.25, 0.3) is 0 Å². The van der Waals surface area contributed by atoms with Crippen LogP contribution in [0.15, 0.2) is 72.8 Å². The fourth-order valence-corrected chi connectivity index (χ4v) is 3.03. The number of benzene rings is 3. The molecule has 28 heavy (non-hydrogen) atoms. The van der Waals surface area contributed by atoms with E-state index < -0.39 is 18.5 Å². The third kappa shape index (κ3) is 5.35. The number of nitrogens with one attached hydrogen (secondary N) is 1. The molecular weight excluding hydrogens is 397 g/mol. The quantitative estimate of drug-likeness (QED) is 0.551. The van der Waals surface area contributed by atoms with Gasteiger partial charge in [0.25, 0.3) is 5.91 Å². The van der Waals surface area contributed by atoms with E-state index in [1.54, 1.807) is 6.07 Å². The Morgan fingerprint density at radius 3 is 2.39 bits per heavy atom. The van der Waals surface area contributed by atoms with Crippen LogP contribution in [0.1, 0.15) is 21.5 Å². The molecule has 0 fully saturated rings. The minimum atomic E-state index is -0.708. The van der Waals surface area contributed by atoms with Gasteiger partial charge in [0.05, 0.1) is 10.6 Å². The largest absolute Gasteiger partial charge is 0.452 e. The van der Waals surface area contributed by atoms with Crippen LogP contribution in [0, 0.1) is 0 Å². The first-order valence-electron chi connectivity index (χ1n) is 8.57. The molecule has 0 radical (unpaired) electrons. The molecule has 0 unspecified atom stereocenters. The van der Waals surface area contributed by atoms with Gasteiger partial charge in [-0.25, -0.2) is 4.79 Å². The summed E-state index contributed by atoms with van der Waals surface area (Å²) in [4.78, 5) is 24.4. The molecule has 0 heterocycles. The molecule has 0 spiro atoms. The van der Waals surface area contributed by atoms with Crippen LogP contribution >= 0.6 is 23.2 Å². The fraction of sp³-hybridized carbons (Fsp3) is 0.0909. The van der Waals surface area contributed by atoms with Crippen molar-refractivity contribution >= 4 is 40.8 Å². The molecule has 0 saturated carbocycles. The summed E-state index contributed by atoms with van der Waals surface area (Å²) in [7, 11) is 0. The van der Waals surface area contributed by atoms with E-state index in [-0.39, 0.29) is 10.6 Å². The molecule has 3 aromatic carbocycles. The molecule has 142 valence electrons. The van der Waals surface area contributed by atoms with Crippen LogP contribution in [0.4, 0.5) is 5.69 Å². The molecule has 6 heteroatoms. The maximum absolute atomic E-state index is 12.3. The van der Waals surface area contributed by atoms with Crippen molar-refractivity contribution in [3.8, 4) is 0 Å². The fourth-order valence-electron chi connectivity index (χ4n) is 2.66. The lowest BCUT2D eigenvalue weighted by molar-refractivity contribution is -0.119. The number of esters is 1. The normalized spacial score (nSPS) is 10.4. The highest BCUT2D eigenvalue weighted by Crippen LogP contribution is 2.22. The summed E-state index contributed by atoms with van der Waals surface area (Å²) < 4.78 is 5.06. The van der Waals surface area contributed by atoms with E-state index in [9.17, 15) is 9.59 Å². The molecule has 0 bridgehead atoms. The number of para-hydroxylation sites is 1. The number of carbonyl (C=O) groups is 2. The van der Waals surface area contributed by atoms with Gasteiger partial charge in [0.1, 0.15) is 0 Å². The van der Waals surface area contributed by atoms with Crippen molar-refractivity contribution in [3.63, 3.8) is 0 Å². The molecule has 0 aliphatic heterocycles. The van der Waals surface area contributed by atoms with Gasteiger partial charge in [-0.05, 0) is 41.8 Å². The summed E-state index contributed by atoms with van der Waals surface area (Å²) in [6, 6.07) is 21.9. The molecule has 4 nitrogen and oxygen atoms in total. The van der Waals surface area contributed by atoms with Crippen molar-refractivity contribution in [1.29, 1.82) is 0 Å². The highest BCUT2D eigenvalue weighted by atomic mass is 35.5. The zero-order chi connectivity index (χ0) is 19.9. The summed E-state index contributed by atoms with van der Waals surface area (Å²) in [6.07, 6.45) is 0.676. The van der Waals surface area contributed by atoms with E-state index in [4.69, 9.17) is 27.9 Å². The summed E-state index contributed by atoms with van der Waals surface area (Å²) in [6.45, 7) is -0.429. The van der Waals surface area contributed by atoms with Crippen LogP contribution in [0.5, 0.6) is 0 Å². The SMILES string of the molecule is O=C(COC(=O)c1cc(Cl)ccc1Cl)Nc1ccccc1Cc1ccccc1. The van der Waals surface area contributed by atoms with Crippen LogP contribution < -0.4 is 5.32 Å². The van der Waals surface area contributed by atoms with Crippen LogP contribution in [0.2, 0.25) is 10.0 Å². The summed E-state index contributed by atoms with van der Waals surface area (Å²) >= 11 is 11.8. The van der Waals surface area contributed by atoms with Crippen molar-refractivity contribution < 1.29 is 14.3 Å². The maximum atomic E-state index is 12.3. The molecule has 0 aliphatic carbocycles. The lowest BCUT2D eigenvalue weighted by Crippen LogP contribution is -2.21. The second kappa shape index (κ2) is 9.40. The monoisotopic (exact) mass is 413 g/mol. The highest BCUT2D eigenvalue weighted by Gasteiger charge is 2.15. The maximum Gasteiger partial charge on any atom is 0.340 e. The Morgan fingerprint density at radius 2 is 1.61 bits per heavy atom.